The fourth-order valence-electron chi connectivity index (χ4n) is 2.89. The van der Waals surface area contributed by atoms with Gasteiger partial charge < -0.3 is 5.32 Å². The van der Waals surface area contributed by atoms with E-state index in [9.17, 15) is 0 Å². The molecule has 1 saturated heterocycles. The van der Waals surface area contributed by atoms with Gasteiger partial charge in [0.05, 0.1) is 5.02 Å². The molecule has 100 valence electrons. The number of aromatic nitrogens is 1. The molecule has 1 aliphatic heterocycles. The normalized spacial score (nSPS) is 27.2. The number of hydrogen-bond donors (Lipinski definition) is 1. The van der Waals surface area contributed by atoms with Crippen LogP contribution < -0.4 is 5.32 Å². The van der Waals surface area contributed by atoms with Crippen molar-refractivity contribution in [2.75, 3.05) is 11.9 Å². The Morgan fingerprint density at radius 3 is 2.95 bits per heavy atom. The summed E-state index contributed by atoms with van der Waals surface area (Å²) in [5.74, 6) is 0.746. The van der Waals surface area contributed by atoms with Crippen LogP contribution >= 0.6 is 11.6 Å². The Morgan fingerprint density at radius 1 is 1.47 bits per heavy atom. The highest BCUT2D eigenvalue weighted by Crippen LogP contribution is 2.34. The largest absolute Gasteiger partial charge is 0.366 e. The first kappa shape index (κ1) is 12.7. The molecule has 1 aliphatic carbocycles. The topological polar surface area (TPSA) is 52.0 Å². The highest BCUT2D eigenvalue weighted by atomic mass is 35.5. The number of anilines is 1. The number of likely N-dealkylation sites (tertiary alicyclic amines) is 1. The molecule has 2 aliphatic rings. The number of nitriles is 1. The van der Waals surface area contributed by atoms with Gasteiger partial charge >= 0.3 is 0 Å². The van der Waals surface area contributed by atoms with E-state index in [1.807, 2.05) is 12.1 Å². The average Bonchev–Trinajstić information content (AvgIpc) is 3.17. The van der Waals surface area contributed by atoms with E-state index in [-0.39, 0.29) is 5.69 Å². The lowest BCUT2D eigenvalue weighted by Crippen LogP contribution is -2.31. The van der Waals surface area contributed by atoms with Crippen molar-refractivity contribution in [2.24, 2.45) is 0 Å². The van der Waals surface area contributed by atoms with Crippen molar-refractivity contribution in [3.05, 3.63) is 22.8 Å². The molecule has 2 heterocycles. The van der Waals surface area contributed by atoms with Crippen molar-refractivity contribution >= 4 is 17.4 Å². The summed E-state index contributed by atoms with van der Waals surface area (Å²) >= 11 is 5.89. The summed E-state index contributed by atoms with van der Waals surface area (Å²) < 4.78 is 0. The van der Waals surface area contributed by atoms with Gasteiger partial charge in [0.25, 0.3) is 0 Å². The third-order valence-electron chi connectivity index (χ3n) is 3.94. The number of nitrogens with one attached hydrogen (secondary N) is 1. The number of rotatable bonds is 3. The van der Waals surface area contributed by atoms with Crippen LogP contribution in [0.5, 0.6) is 0 Å². The van der Waals surface area contributed by atoms with Crippen LogP contribution in [0.1, 0.15) is 31.9 Å². The summed E-state index contributed by atoms with van der Waals surface area (Å²) in [6.45, 7) is 3.36. The lowest BCUT2D eigenvalue weighted by Gasteiger charge is -2.19. The Balaban J connectivity index is 1.67. The van der Waals surface area contributed by atoms with Crippen molar-refractivity contribution in [2.45, 2.75) is 44.3 Å². The van der Waals surface area contributed by atoms with Crippen LogP contribution in [0.15, 0.2) is 12.1 Å². The van der Waals surface area contributed by atoms with Gasteiger partial charge in [-0.25, -0.2) is 4.98 Å². The first-order chi connectivity index (χ1) is 9.17. The summed E-state index contributed by atoms with van der Waals surface area (Å²) in [7, 11) is 0. The minimum Gasteiger partial charge on any atom is -0.366 e. The first-order valence-electron chi connectivity index (χ1n) is 6.76. The number of halogens is 1. The third kappa shape index (κ3) is 2.68. The minimum absolute atomic E-state index is 0.289. The molecule has 1 aromatic heterocycles. The Labute approximate surface area is 118 Å². The van der Waals surface area contributed by atoms with Gasteiger partial charge in [-0.1, -0.05) is 11.6 Å². The predicted octanol–water partition coefficient (Wildman–Crippen LogP) is 2.64. The standard InChI is InChI=1S/C14H17ClN4/c1-9-6-10(8-19(9)11-2-3-11)17-14-5-4-12(15)13(7-16)18-14/h4-5,9-11H,2-3,6,8H2,1H3,(H,17,18). The second-order valence-electron chi connectivity index (χ2n) is 5.49. The highest BCUT2D eigenvalue weighted by molar-refractivity contribution is 6.31. The molecule has 2 atom stereocenters. The van der Waals surface area contributed by atoms with E-state index >= 15 is 0 Å². The van der Waals surface area contributed by atoms with Gasteiger partial charge in [-0.05, 0) is 38.3 Å². The van der Waals surface area contributed by atoms with E-state index < -0.39 is 0 Å². The molecule has 19 heavy (non-hydrogen) atoms. The van der Waals surface area contributed by atoms with Gasteiger partial charge in [-0.15, -0.1) is 0 Å². The van der Waals surface area contributed by atoms with Gasteiger partial charge in [-0.3, -0.25) is 4.90 Å². The zero-order valence-corrected chi connectivity index (χ0v) is 11.7. The van der Waals surface area contributed by atoms with E-state index in [4.69, 9.17) is 16.9 Å². The molecule has 0 amide bonds. The molecule has 2 unspecified atom stereocenters. The average molecular weight is 277 g/mol. The van der Waals surface area contributed by atoms with Crippen molar-refractivity contribution in [1.29, 1.82) is 5.26 Å². The summed E-state index contributed by atoms with van der Waals surface area (Å²) in [6, 6.07) is 7.43. The van der Waals surface area contributed by atoms with E-state index in [0.717, 1.165) is 24.8 Å². The van der Waals surface area contributed by atoms with Crippen LogP contribution in [0.25, 0.3) is 0 Å². The lowest BCUT2D eigenvalue weighted by molar-refractivity contribution is 0.257. The van der Waals surface area contributed by atoms with E-state index in [2.05, 4.69) is 22.1 Å². The zero-order valence-electron chi connectivity index (χ0n) is 10.9. The molecule has 1 aromatic rings. The molecule has 4 nitrogen and oxygen atoms in total. The molecule has 1 saturated carbocycles. The molecular weight excluding hydrogens is 260 g/mol. The van der Waals surface area contributed by atoms with Crippen molar-refractivity contribution in [3.8, 4) is 6.07 Å². The lowest BCUT2D eigenvalue weighted by atomic mass is 10.2. The van der Waals surface area contributed by atoms with Crippen LogP contribution in [0.3, 0.4) is 0 Å². The fourth-order valence-corrected chi connectivity index (χ4v) is 3.03. The highest BCUT2D eigenvalue weighted by Gasteiger charge is 2.38. The van der Waals surface area contributed by atoms with Gasteiger partial charge in [0, 0.05) is 24.7 Å². The summed E-state index contributed by atoms with van der Waals surface area (Å²) in [5, 5.41) is 12.8. The first-order valence-corrected chi connectivity index (χ1v) is 7.14. The summed E-state index contributed by atoms with van der Waals surface area (Å²) in [4.78, 5) is 6.82. The Morgan fingerprint density at radius 2 is 2.26 bits per heavy atom. The second kappa shape index (κ2) is 4.99. The van der Waals surface area contributed by atoms with E-state index in [1.165, 1.54) is 12.8 Å². The fraction of sp³-hybridized carbons (Fsp3) is 0.571. The van der Waals surface area contributed by atoms with Crippen LogP contribution in [-0.2, 0) is 0 Å². The summed E-state index contributed by atoms with van der Waals surface area (Å²) in [6.07, 6.45) is 3.81. The maximum Gasteiger partial charge on any atom is 0.161 e. The van der Waals surface area contributed by atoms with Crippen LogP contribution in [0.2, 0.25) is 5.02 Å². The number of nitrogens with zero attached hydrogens (tertiary/aromatic N) is 3. The Bertz CT molecular complexity index is 521. The van der Waals surface area contributed by atoms with E-state index in [1.54, 1.807) is 6.07 Å². The zero-order chi connectivity index (χ0) is 13.4. The molecule has 5 heteroatoms. The monoisotopic (exact) mass is 276 g/mol. The van der Waals surface area contributed by atoms with Crippen LogP contribution in [-0.4, -0.2) is 34.6 Å². The SMILES string of the molecule is CC1CC(Nc2ccc(Cl)c(C#N)n2)CN1C1CC1. The molecule has 3 rings (SSSR count). The van der Waals surface area contributed by atoms with Crippen LogP contribution in [0, 0.1) is 11.3 Å². The van der Waals surface area contributed by atoms with Gasteiger partial charge in [-0.2, -0.15) is 5.26 Å². The number of pyridine rings is 1. The maximum atomic E-state index is 8.94. The van der Waals surface area contributed by atoms with Gasteiger partial charge in [0.15, 0.2) is 5.69 Å². The van der Waals surface area contributed by atoms with Crippen molar-refractivity contribution in [1.82, 2.24) is 9.88 Å². The van der Waals surface area contributed by atoms with Gasteiger partial charge in [0.2, 0.25) is 0 Å². The molecule has 0 aromatic carbocycles. The smallest absolute Gasteiger partial charge is 0.161 e. The van der Waals surface area contributed by atoms with Crippen LogP contribution in [0.4, 0.5) is 5.82 Å². The van der Waals surface area contributed by atoms with Crippen molar-refractivity contribution < 1.29 is 0 Å². The van der Waals surface area contributed by atoms with Gasteiger partial charge in [0.1, 0.15) is 11.9 Å². The molecule has 1 N–H and O–H groups in total. The molecule has 0 radical (unpaired) electrons. The van der Waals surface area contributed by atoms with E-state index in [0.29, 0.717) is 17.1 Å². The molecule has 2 fully saturated rings. The number of hydrogen-bond acceptors (Lipinski definition) is 4. The molecular formula is C14H17ClN4. The predicted molar refractivity (Wildman–Crippen MR) is 75.2 cm³/mol. The minimum atomic E-state index is 0.289. The quantitative estimate of drug-likeness (QED) is 0.922. The third-order valence-corrected chi connectivity index (χ3v) is 4.25. The Hall–Kier alpha value is -1.31. The molecule has 0 bridgehead atoms. The summed E-state index contributed by atoms with van der Waals surface area (Å²) in [5.41, 5.74) is 0.289. The maximum absolute atomic E-state index is 8.94. The van der Waals surface area contributed by atoms with Crippen molar-refractivity contribution in [3.63, 3.8) is 0 Å². The second-order valence-corrected chi connectivity index (χ2v) is 5.90. The molecule has 0 spiro atoms. The Kier molecular flexibility index (Phi) is 3.34.